The first-order valence-corrected chi connectivity index (χ1v) is 12.4. The van der Waals surface area contributed by atoms with Crippen LogP contribution in [0.2, 0.25) is 0 Å². The number of anilines is 2. The molecule has 0 radical (unpaired) electrons. The normalized spacial score (nSPS) is 16.3. The van der Waals surface area contributed by atoms with E-state index < -0.39 is 0 Å². The van der Waals surface area contributed by atoms with Gasteiger partial charge in [-0.2, -0.15) is 5.10 Å². The molecule has 5 aromatic rings. The van der Waals surface area contributed by atoms with Crippen molar-refractivity contribution in [1.82, 2.24) is 30.0 Å². The van der Waals surface area contributed by atoms with Crippen LogP contribution in [0.4, 0.5) is 16.3 Å². The number of ether oxygens (including phenoxy) is 1. The highest BCUT2D eigenvalue weighted by Crippen LogP contribution is 2.45. The lowest BCUT2D eigenvalue weighted by molar-refractivity contribution is -0.0695. The van der Waals surface area contributed by atoms with Crippen molar-refractivity contribution in [2.45, 2.75) is 18.9 Å². The quantitative estimate of drug-likeness (QED) is 0.318. The van der Waals surface area contributed by atoms with Crippen molar-refractivity contribution in [1.29, 1.82) is 0 Å². The van der Waals surface area contributed by atoms with Gasteiger partial charge in [0.15, 0.2) is 5.82 Å². The van der Waals surface area contributed by atoms with Crippen LogP contribution in [0.15, 0.2) is 79.5 Å². The molecule has 0 atom stereocenters. The highest BCUT2D eigenvalue weighted by Gasteiger charge is 2.50. The number of carbonyl (C=O) groups excluding carboxylic acids is 1. The molecule has 9 heteroatoms. The molecule has 3 N–H and O–H groups in total. The lowest BCUT2D eigenvalue weighted by Crippen LogP contribution is -2.62. The van der Waals surface area contributed by atoms with E-state index in [0.717, 1.165) is 59.1 Å². The Labute approximate surface area is 212 Å². The Morgan fingerprint density at radius 2 is 1.81 bits per heavy atom. The van der Waals surface area contributed by atoms with E-state index in [1.807, 2.05) is 67.1 Å². The van der Waals surface area contributed by atoms with Crippen LogP contribution in [-0.2, 0) is 4.74 Å². The van der Waals surface area contributed by atoms with Gasteiger partial charge in [-0.3, -0.25) is 9.67 Å². The highest BCUT2D eigenvalue weighted by atomic mass is 16.6. The molecule has 9 nitrogen and oxygen atoms in total. The molecule has 1 spiro atoms. The Hall–Kier alpha value is -4.50. The van der Waals surface area contributed by atoms with Crippen LogP contribution < -0.4 is 10.6 Å². The van der Waals surface area contributed by atoms with Crippen LogP contribution in [0.1, 0.15) is 12.8 Å². The summed E-state index contributed by atoms with van der Waals surface area (Å²) in [4.78, 5) is 21.9. The topological polar surface area (TPSA) is 110 Å². The number of aromatic amines is 1. The molecule has 1 aliphatic carbocycles. The summed E-state index contributed by atoms with van der Waals surface area (Å²) in [6, 6.07) is 15.9. The van der Waals surface area contributed by atoms with Gasteiger partial charge in [-0.1, -0.05) is 24.3 Å². The smallest absolute Gasteiger partial charge is 0.418 e. The molecular formula is C28H25N7O2. The summed E-state index contributed by atoms with van der Waals surface area (Å²) in [7, 11) is 0. The van der Waals surface area contributed by atoms with E-state index in [2.05, 4.69) is 25.8 Å². The molecule has 184 valence electrons. The van der Waals surface area contributed by atoms with Crippen molar-refractivity contribution in [2.24, 2.45) is 5.41 Å². The molecule has 37 heavy (non-hydrogen) atoms. The predicted octanol–water partition coefficient (Wildman–Crippen LogP) is 4.97. The molecule has 4 heterocycles. The first-order chi connectivity index (χ1) is 18.1. The fraction of sp³-hybridized carbons (Fsp3) is 0.214. The minimum absolute atomic E-state index is 0.0150. The van der Waals surface area contributed by atoms with Gasteiger partial charge >= 0.3 is 6.09 Å². The molecule has 7 rings (SSSR count). The van der Waals surface area contributed by atoms with Crippen molar-refractivity contribution in [2.75, 3.05) is 18.4 Å². The second-order valence-electron chi connectivity index (χ2n) is 9.98. The van der Waals surface area contributed by atoms with E-state index in [4.69, 9.17) is 9.72 Å². The largest absolute Gasteiger partial charge is 0.446 e. The number of rotatable bonds is 5. The van der Waals surface area contributed by atoms with Crippen molar-refractivity contribution >= 4 is 28.4 Å². The van der Waals surface area contributed by atoms with Crippen LogP contribution in [0.5, 0.6) is 0 Å². The van der Waals surface area contributed by atoms with E-state index in [1.54, 1.807) is 12.4 Å². The monoisotopic (exact) mass is 491 g/mol. The number of H-pyrrole nitrogens is 1. The molecule has 0 amide bonds. The summed E-state index contributed by atoms with van der Waals surface area (Å²) >= 11 is 0. The maximum Gasteiger partial charge on any atom is 0.418 e. The predicted molar refractivity (Wildman–Crippen MR) is 140 cm³/mol. The Bertz CT molecular complexity index is 1580. The maximum atomic E-state index is 12.7. The summed E-state index contributed by atoms with van der Waals surface area (Å²) in [5.74, 6) is 1.30. The molecule has 1 saturated heterocycles. The van der Waals surface area contributed by atoms with Crippen molar-refractivity contribution in [3.05, 3.63) is 79.5 Å². The third kappa shape index (κ3) is 4.13. The molecular weight excluding hydrogens is 466 g/mol. The third-order valence-corrected chi connectivity index (χ3v) is 7.35. The summed E-state index contributed by atoms with van der Waals surface area (Å²) in [6.07, 6.45) is 10.6. The van der Waals surface area contributed by atoms with Gasteiger partial charge in [0.05, 0.1) is 6.20 Å². The van der Waals surface area contributed by atoms with E-state index in [0.29, 0.717) is 17.1 Å². The summed E-state index contributed by atoms with van der Waals surface area (Å²) < 4.78 is 7.24. The van der Waals surface area contributed by atoms with E-state index in [-0.39, 0.29) is 12.2 Å². The third-order valence-electron chi connectivity index (χ3n) is 7.35. The lowest BCUT2D eigenvalue weighted by atomic mass is 9.63. The minimum atomic E-state index is -0.328. The van der Waals surface area contributed by atoms with Gasteiger partial charge in [0.1, 0.15) is 11.9 Å². The number of aromatic nitrogens is 5. The first kappa shape index (κ1) is 21.8. The van der Waals surface area contributed by atoms with Crippen LogP contribution in [0.25, 0.3) is 33.3 Å². The number of nitrogens with one attached hydrogen (secondary N) is 3. The van der Waals surface area contributed by atoms with Gasteiger partial charge in [0.2, 0.25) is 0 Å². The van der Waals surface area contributed by atoms with Gasteiger partial charge in [-0.05, 0) is 42.7 Å². The van der Waals surface area contributed by atoms with Crippen LogP contribution in [0.3, 0.4) is 0 Å². The zero-order valence-electron chi connectivity index (χ0n) is 20.0. The number of benzene rings is 2. The molecule has 2 aromatic carbocycles. The van der Waals surface area contributed by atoms with Crippen LogP contribution in [0, 0.1) is 5.41 Å². The molecule has 0 bridgehead atoms. The second-order valence-corrected chi connectivity index (χ2v) is 9.98. The Morgan fingerprint density at radius 1 is 1.00 bits per heavy atom. The average molecular weight is 492 g/mol. The SMILES string of the molecule is O=C(OC1CC2(CNC2)C1)n1cc2ccc(-c3nccc(Nc4ccc(-c5cn[nH]c5)cc4)n3)cc2c1. The number of hydrogen-bond acceptors (Lipinski definition) is 7. The molecule has 1 aliphatic heterocycles. The molecule has 1 saturated carbocycles. The van der Waals surface area contributed by atoms with Crippen molar-refractivity contribution in [3.8, 4) is 22.5 Å². The van der Waals surface area contributed by atoms with Gasteiger partial charge in [0.25, 0.3) is 0 Å². The van der Waals surface area contributed by atoms with E-state index in [1.165, 1.54) is 4.57 Å². The molecule has 3 aromatic heterocycles. The fourth-order valence-corrected chi connectivity index (χ4v) is 5.22. The van der Waals surface area contributed by atoms with E-state index in [9.17, 15) is 4.79 Å². The van der Waals surface area contributed by atoms with Crippen LogP contribution in [-0.4, -0.2) is 50.0 Å². The Morgan fingerprint density at radius 3 is 2.57 bits per heavy atom. The number of hydrogen-bond donors (Lipinski definition) is 3. The summed E-state index contributed by atoms with van der Waals surface area (Å²) in [6.45, 7) is 2.07. The number of carbonyl (C=O) groups is 1. The lowest BCUT2D eigenvalue weighted by Gasteiger charge is -2.53. The Kier molecular flexibility index (Phi) is 5.03. The van der Waals surface area contributed by atoms with Gasteiger partial charge in [-0.15, -0.1) is 0 Å². The molecule has 0 unspecified atom stereocenters. The average Bonchev–Trinajstić information content (AvgIpc) is 3.55. The second kappa shape index (κ2) is 8.56. The first-order valence-electron chi connectivity index (χ1n) is 12.4. The number of nitrogens with zero attached hydrogens (tertiary/aromatic N) is 4. The zero-order valence-corrected chi connectivity index (χ0v) is 20.0. The maximum absolute atomic E-state index is 12.7. The van der Waals surface area contributed by atoms with Crippen molar-refractivity contribution < 1.29 is 9.53 Å². The van der Waals surface area contributed by atoms with Crippen molar-refractivity contribution in [3.63, 3.8) is 0 Å². The van der Waals surface area contributed by atoms with Gasteiger partial charge in [0, 0.05) is 70.9 Å². The fourth-order valence-electron chi connectivity index (χ4n) is 5.22. The summed E-state index contributed by atoms with van der Waals surface area (Å²) in [5.41, 5.74) is 4.29. The summed E-state index contributed by atoms with van der Waals surface area (Å²) in [5, 5.41) is 15.4. The van der Waals surface area contributed by atoms with Gasteiger partial charge in [-0.25, -0.2) is 14.8 Å². The van der Waals surface area contributed by atoms with Gasteiger partial charge < -0.3 is 15.4 Å². The molecule has 2 fully saturated rings. The standard InChI is InChI=1S/C28H25N7O2/c36-27(37-24-10-28(11-24)16-29-17-28)35-14-20-2-1-19(9-21(20)15-35)26-30-8-7-25(34-26)33-23-5-3-18(4-6-23)22-12-31-32-13-22/h1-9,12-15,24,29H,10-11,16-17H2,(H,31,32)(H,30,33,34). The minimum Gasteiger partial charge on any atom is -0.446 e. The van der Waals surface area contributed by atoms with Crippen LogP contribution >= 0.6 is 0 Å². The van der Waals surface area contributed by atoms with E-state index >= 15 is 0 Å². The molecule has 2 aliphatic rings. The zero-order chi connectivity index (χ0) is 24.8. The Balaban J connectivity index is 1.06. The number of fused-ring (bicyclic) bond motifs is 1. The highest BCUT2D eigenvalue weighted by molar-refractivity contribution is 5.90.